The topological polar surface area (TPSA) is 50.7 Å². The van der Waals surface area contributed by atoms with E-state index >= 15 is 0 Å². The fourth-order valence-corrected chi connectivity index (χ4v) is 2.84. The molecule has 4 nitrogen and oxygen atoms in total. The van der Waals surface area contributed by atoms with Crippen LogP contribution in [-0.2, 0) is 16.7 Å². The van der Waals surface area contributed by atoms with Crippen molar-refractivity contribution in [2.24, 2.45) is 5.10 Å². The molecule has 0 fully saturated rings. The van der Waals surface area contributed by atoms with Crippen LogP contribution in [0.25, 0.3) is 0 Å². The second-order valence-corrected chi connectivity index (χ2v) is 6.20. The molecule has 0 heterocycles. The molecule has 0 unspecified atom stereocenters. The third-order valence-electron chi connectivity index (χ3n) is 3.32. The molecular weight excluding hydrogens is 365 g/mol. The van der Waals surface area contributed by atoms with Gasteiger partial charge in [-0.15, -0.1) is 11.8 Å². The summed E-state index contributed by atoms with van der Waals surface area (Å²) in [5.74, 6) is 1.14. The molecule has 26 heavy (non-hydrogen) atoms. The highest BCUT2D eigenvalue weighted by molar-refractivity contribution is 7.99. The number of carbonyl (C=O) groups is 1. The van der Waals surface area contributed by atoms with Crippen LogP contribution in [0.1, 0.15) is 16.7 Å². The van der Waals surface area contributed by atoms with Crippen molar-refractivity contribution in [3.63, 3.8) is 0 Å². The highest BCUT2D eigenvalue weighted by Gasteiger charge is 2.32. The third kappa shape index (κ3) is 6.11. The predicted octanol–water partition coefficient (Wildman–Crippen LogP) is 4.10. The van der Waals surface area contributed by atoms with Gasteiger partial charge in [-0.2, -0.15) is 18.3 Å². The van der Waals surface area contributed by atoms with Gasteiger partial charge >= 0.3 is 6.18 Å². The summed E-state index contributed by atoms with van der Waals surface area (Å²) in [6, 6.07) is 12.5. The zero-order valence-electron chi connectivity index (χ0n) is 13.9. The Kier molecular flexibility index (Phi) is 7.08. The van der Waals surface area contributed by atoms with E-state index in [1.807, 2.05) is 24.3 Å². The van der Waals surface area contributed by atoms with E-state index < -0.39 is 11.7 Å². The Balaban J connectivity index is 1.81. The number of halogens is 3. The quantitative estimate of drug-likeness (QED) is 0.580. The highest BCUT2D eigenvalue weighted by Crippen LogP contribution is 2.31. The summed E-state index contributed by atoms with van der Waals surface area (Å²) in [4.78, 5) is 11.7. The fraction of sp³-hybridized carbons (Fsp3) is 0.222. The van der Waals surface area contributed by atoms with Gasteiger partial charge in [0, 0.05) is 11.3 Å². The Morgan fingerprint density at radius 2 is 1.88 bits per heavy atom. The number of amides is 1. The number of hydrogen-bond donors (Lipinski definition) is 1. The number of nitrogens with one attached hydrogen (secondary N) is 1. The Morgan fingerprint density at radius 1 is 1.19 bits per heavy atom. The second kappa shape index (κ2) is 9.28. The number of methoxy groups -OCH3 is 1. The number of alkyl halides is 3. The maximum absolute atomic E-state index is 12.8. The molecule has 0 radical (unpaired) electrons. The number of benzene rings is 2. The molecule has 0 saturated heterocycles. The van der Waals surface area contributed by atoms with Gasteiger partial charge in [0.25, 0.3) is 0 Å². The van der Waals surface area contributed by atoms with Crippen molar-refractivity contribution in [3.8, 4) is 5.75 Å². The molecule has 0 saturated carbocycles. The summed E-state index contributed by atoms with van der Waals surface area (Å²) < 4.78 is 43.6. The fourth-order valence-electron chi connectivity index (χ4n) is 2.06. The number of hydrogen-bond acceptors (Lipinski definition) is 4. The second-order valence-electron chi connectivity index (χ2n) is 5.22. The van der Waals surface area contributed by atoms with Crippen molar-refractivity contribution < 1.29 is 22.7 Å². The lowest BCUT2D eigenvalue weighted by Crippen LogP contribution is -2.20. The molecule has 1 amide bonds. The number of ether oxygens (including phenoxy) is 1. The normalized spacial score (nSPS) is 11.5. The zero-order chi connectivity index (χ0) is 19.0. The molecule has 0 aliphatic carbocycles. The molecule has 0 bridgehead atoms. The smallest absolute Gasteiger partial charge is 0.417 e. The number of hydrazone groups is 1. The van der Waals surface area contributed by atoms with Crippen LogP contribution >= 0.6 is 11.8 Å². The van der Waals surface area contributed by atoms with Crippen molar-refractivity contribution in [2.45, 2.75) is 11.9 Å². The Labute approximate surface area is 153 Å². The van der Waals surface area contributed by atoms with Crippen molar-refractivity contribution in [2.75, 3.05) is 12.9 Å². The zero-order valence-corrected chi connectivity index (χ0v) is 14.7. The Bertz CT molecular complexity index is 762. The first-order valence-electron chi connectivity index (χ1n) is 7.59. The molecule has 0 aromatic heterocycles. The van der Waals surface area contributed by atoms with Gasteiger partial charge in [-0.25, -0.2) is 5.43 Å². The molecule has 2 aromatic rings. The van der Waals surface area contributed by atoms with E-state index in [0.717, 1.165) is 23.6 Å². The van der Waals surface area contributed by atoms with E-state index in [9.17, 15) is 18.0 Å². The number of rotatable bonds is 7. The van der Waals surface area contributed by atoms with Crippen molar-refractivity contribution in [1.29, 1.82) is 0 Å². The largest absolute Gasteiger partial charge is 0.497 e. The van der Waals surface area contributed by atoms with Gasteiger partial charge in [0.15, 0.2) is 0 Å². The molecule has 0 spiro atoms. The highest BCUT2D eigenvalue weighted by atomic mass is 32.2. The van der Waals surface area contributed by atoms with Crippen LogP contribution in [0.5, 0.6) is 5.75 Å². The molecule has 8 heteroatoms. The van der Waals surface area contributed by atoms with E-state index in [0.29, 0.717) is 5.75 Å². The van der Waals surface area contributed by atoms with E-state index in [-0.39, 0.29) is 17.2 Å². The van der Waals surface area contributed by atoms with Gasteiger partial charge in [-0.3, -0.25) is 4.79 Å². The van der Waals surface area contributed by atoms with E-state index in [2.05, 4.69) is 10.5 Å². The Hall–Kier alpha value is -2.48. The number of nitrogens with zero attached hydrogens (tertiary/aromatic N) is 1. The third-order valence-corrected chi connectivity index (χ3v) is 4.32. The molecule has 1 N–H and O–H groups in total. The van der Waals surface area contributed by atoms with Gasteiger partial charge < -0.3 is 4.74 Å². The van der Waals surface area contributed by atoms with Gasteiger partial charge in [-0.05, 0) is 23.8 Å². The summed E-state index contributed by atoms with van der Waals surface area (Å²) in [5.41, 5.74) is 2.37. The Morgan fingerprint density at radius 3 is 2.54 bits per heavy atom. The molecule has 0 aliphatic heterocycles. The van der Waals surface area contributed by atoms with Crippen molar-refractivity contribution in [1.82, 2.24) is 5.43 Å². The molecule has 2 aromatic carbocycles. The molecule has 0 atom stereocenters. The first-order valence-corrected chi connectivity index (χ1v) is 8.74. The lowest BCUT2D eigenvalue weighted by atomic mass is 10.1. The number of carbonyl (C=O) groups excluding carboxylic acids is 1. The van der Waals surface area contributed by atoms with Crippen molar-refractivity contribution >= 4 is 23.9 Å². The van der Waals surface area contributed by atoms with Crippen LogP contribution in [0, 0.1) is 0 Å². The van der Waals surface area contributed by atoms with Crippen LogP contribution in [-0.4, -0.2) is 25.0 Å². The summed E-state index contributed by atoms with van der Waals surface area (Å²) in [6.07, 6.45) is -3.48. The van der Waals surface area contributed by atoms with Gasteiger partial charge in [-0.1, -0.05) is 30.3 Å². The minimum atomic E-state index is -4.47. The van der Waals surface area contributed by atoms with Crippen LogP contribution < -0.4 is 10.2 Å². The molecule has 0 aliphatic rings. The maximum atomic E-state index is 12.8. The van der Waals surface area contributed by atoms with Crippen molar-refractivity contribution in [3.05, 3.63) is 65.2 Å². The lowest BCUT2D eigenvalue weighted by molar-refractivity contribution is -0.137. The average Bonchev–Trinajstić information content (AvgIpc) is 2.62. The van der Waals surface area contributed by atoms with Gasteiger partial charge in [0.1, 0.15) is 5.75 Å². The summed E-state index contributed by atoms with van der Waals surface area (Å²) in [5, 5.41) is 3.61. The van der Waals surface area contributed by atoms with Crippen LogP contribution in [0.4, 0.5) is 13.2 Å². The van der Waals surface area contributed by atoms with Crippen LogP contribution in [0.15, 0.2) is 53.6 Å². The molecule has 138 valence electrons. The van der Waals surface area contributed by atoms with Crippen LogP contribution in [0.3, 0.4) is 0 Å². The van der Waals surface area contributed by atoms with E-state index in [1.165, 1.54) is 30.0 Å². The molecule has 2 rings (SSSR count). The number of thioether (sulfide) groups is 1. The SMILES string of the molecule is COc1ccc(CSCC(=O)N/N=C\c2ccccc2C(F)(F)F)cc1. The van der Waals surface area contributed by atoms with Crippen LogP contribution in [0.2, 0.25) is 0 Å². The minimum absolute atomic E-state index is 0.105. The first kappa shape index (κ1) is 19.8. The average molecular weight is 382 g/mol. The standard InChI is InChI=1S/C18H17F3N2O2S/c1-25-15-8-6-13(7-9-15)11-26-12-17(24)23-22-10-14-4-2-3-5-16(14)18(19,20)21/h2-10H,11-12H2,1H3,(H,23,24)/b22-10-. The van der Waals surface area contributed by atoms with E-state index in [4.69, 9.17) is 4.74 Å². The minimum Gasteiger partial charge on any atom is -0.497 e. The summed E-state index contributed by atoms with van der Waals surface area (Å²) in [6.45, 7) is 0. The van der Waals surface area contributed by atoms with Gasteiger partial charge in [0.05, 0.1) is 24.6 Å². The lowest BCUT2D eigenvalue weighted by Gasteiger charge is -2.09. The monoisotopic (exact) mass is 382 g/mol. The van der Waals surface area contributed by atoms with Gasteiger partial charge in [0.2, 0.25) is 5.91 Å². The summed E-state index contributed by atoms with van der Waals surface area (Å²) >= 11 is 1.37. The van der Waals surface area contributed by atoms with E-state index in [1.54, 1.807) is 7.11 Å². The maximum Gasteiger partial charge on any atom is 0.417 e. The molecular formula is C18H17F3N2O2S. The first-order chi connectivity index (χ1) is 12.4. The predicted molar refractivity (Wildman–Crippen MR) is 96.3 cm³/mol. The summed E-state index contributed by atoms with van der Waals surface area (Å²) in [7, 11) is 1.59.